The first-order chi connectivity index (χ1) is 9.52. The van der Waals surface area contributed by atoms with Crippen molar-refractivity contribution in [2.24, 2.45) is 0 Å². The van der Waals surface area contributed by atoms with Gasteiger partial charge in [-0.15, -0.1) is 0 Å². The van der Waals surface area contributed by atoms with Gasteiger partial charge in [-0.05, 0) is 37.1 Å². The van der Waals surface area contributed by atoms with Crippen LogP contribution in [-0.2, 0) is 17.8 Å². The summed E-state index contributed by atoms with van der Waals surface area (Å²) in [5, 5.41) is 6.81. The lowest BCUT2D eigenvalue weighted by Crippen LogP contribution is -2.36. The number of carbonyl (C=O) groups excluding carboxylic acids is 1. The molecule has 0 spiro atoms. The van der Waals surface area contributed by atoms with Gasteiger partial charge in [-0.3, -0.25) is 9.48 Å². The Morgan fingerprint density at radius 3 is 2.70 bits per heavy atom. The first-order valence-corrected chi connectivity index (χ1v) is 6.35. The van der Waals surface area contributed by atoms with E-state index in [0.29, 0.717) is 12.2 Å². The van der Waals surface area contributed by atoms with Crippen molar-refractivity contribution in [3.63, 3.8) is 0 Å². The van der Waals surface area contributed by atoms with Crippen molar-refractivity contribution in [2.75, 3.05) is 5.73 Å². The van der Waals surface area contributed by atoms with E-state index in [9.17, 15) is 9.18 Å². The van der Waals surface area contributed by atoms with Crippen LogP contribution in [0.3, 0.4) is 0 Å². The largest absolute Gasteiger partial charge is 0.382 e. The monoisotopic (exact) mass is 276 g/mol. The van der Waals surface area contributed by atoms with Crippen LogP contribution in [-0.4, -0.2) is 21.7 Å². The third-order valence-electron chi connectivity index (χ3n) is 2.83. The maximum atomic E-state index is 12.8. The first-order valence-electron chi connectivity index (χ1n) is 6.35. The number of hydrogen-bond donors (Lipinski definition) is 2. The van der Waals surface area contributed by atoms with Crippen LogP contribution in [0, 0.1) is 5.82 Å². The van der Waals surface area contributed by atoms with Gasteiger partial charge < -0.3 is 11.1 Å². The number of hydrogen-bond acceptors (Lipinski definition) is 3. The van der Waals surface area contributed by atoms with Gasteiger partial charge >= 0.3 is 0 Å². The van der Waals surface area contributed by atoms with E-state index in [-0.39, 0.29) is 24.3 Å². The highest BCUT2D eigenvalue weighted by Crippen LogP contribution is 2.05. The molecule has 0 saturated heterocycles. The van der Waals surface area contributed by atoms with E-state index < -0.39 is 0 Å². The minimum absolute atomic E-state index is 0.0409. The molecule has 1 amide bonds. The number of nitrogen functional groups attached to an aromatic ring is 1. The minimum atomic E-state index is -0.262. The quantitative estimate of drug-likeness (QED) is 0.866. The number of nitrogens with one attached hydrogen (secondary N) is 1. The smallest absolute Gasteiger partial charge is 0.241 e. The number of amides is 1. The number of carbonyl (C=O) groups is 1. The van der Waals surface area contributed by atoms with E-state index in [0.717, 1.165) is 5.56 Å². The molecule has 0 bridgehead atoms. The lowest BCUT2D eigenvalue weighted by atomic mass is 10.1. The highest BCUT2D eigenvalue weighted by molar-refractivity contribution is 5.76. The van der Waals surface area contributed by atoms with Crippen molar-refractivity contribution in [2.45, 2.75) is 25.9 Å². The lowest BCUT2D eigenvalue weighted by Gasteiger charge is -2.14. The van der Waals surface area contributed by atoms with Crippen molar-refractivity contribution in [1.29, 1.82) is 0 Å². The maximum absolute atomic E-state index is 12.8. The van der Waals surface area contributed by atoms with Gasteiger partial charge in [0.1, 0.15) is 18.2 Å². The predicted octanol–water partition coefficient (Wildman–Crippen LogP) is 1.35. The molecule has 0 aliphatic carbocycles. The number of rotatable bonds is 5. The number of aromatic nitrogens is 2. The molecule has 2 rings (SSSR count). The van der Waals surface area contributed by atoms with Crippen molar-refractivity contribution in [3.05, 3.63) is 47.9 Å². The van der Waals surface area contributed by atoms with Crippen LogP contribution < -0.4 is 11.1 Å². The van der Waals surface area contributed by atoms with Gasteiger partial charge in [0, 0.05) is 12.2 Å². The minimum Gasteiger partial charge on any atom is -0.382 e. The van der Waals surface area contributed by atoms with E-state index in [1.165, 1.54) is 16.8 Å². The van der Waals surface area contributed by atoms with Crippen LogP contribution in [0.15, 0.2) is 36.5 Å². The zero-order chi connectivity index (χ0) is 14.5. The van der Waals surface area contributed by atoms with Gasteiger partial charge in [0.05, 0.1) is 0 Å². The second-order valence-electron chi connectivity index (χ2n) is 4.74. The number of benzene rings is 1. The lowest BCUT2D eigenvalue weighted by molar-refractivity contribution is -0.122. The zero-order valence-electron chi connectivity index (χ0n) is 11.2. The third-order valence-corrected chi connectivity index (χ3v) is 2.83. The molecule has 0 fully saturated rings. The summed E-state index contributed by atoms with van der Waals surface area (Å²) in [6, 6.07) is 7.85. The Bertz CT molecular complexity index is 579. The Hall–Kier alpha value is -2.37. The summed E-state index contributed by atoms with van der Waals surface area (Å²) in [7, 11) is 0. The second kappa shape index (κ2) is 6.18. The molecule has 6 heteroatoms. The SMILES string of the molecule is CC(Cc1ccc(F)cc1)NC(=O)Cn1ccc(N)n1. The van der Waals surface area contributed by atoms with Crippen LogP contribution in [0.5, 0.6) is 0 Å². The molecule has 1 aromatic carbocycles. The standard InChI is InChI=1S/C14H17FN4O/c1-10(8-11-2-4-12(15)5-3-11)17-14(20)9-19-7-6-13(16)18-19/h2-7,10H,8-9H2,1H3,(H2,16,18)(H,17,20). The summed E-state index contributed by atoms with van der Waals surface area (Å²) in [4.78, 5) is 11.8. The number of anilines is 1. The van der Waals surface area contributed by atoms with E-state index >= 15 is 0 Å². The molecule has 3 N–H and O–H groups in total. The molecule has 0 aliphatic heterocycles. The van der Waals surface area contributed by atoms with Gasteiger partial charge in [0.2, 0.25) is 5.91 Å². The third kappa shape index (κ3) is 4.08. The maximum Gasteiger partial charge on any atom is 0.241 e. The molecule has 2 aromatic rings. The van der Waals surface area contributed by atoms with Crippen LogP contribution in [0.25, 0.3) is 0 Å². The molecule has 1 atom stereocenters. The average molecular weight is 276 g/mol. The van der Waals surface area contributed by atoms with Gasteiger partial charge in [-0.1, -0.05) is 12.1 Å². The molecule has 1 heterocycles. The first kappa shape index (κ1) is 14.0. The molecule has 106 valence electrons. The highest BCUT2D eigenvalue weighted by Gasteiger charge is 2.09. The Kier molecular flexibility index (Phi) is 4.34. The molecule has 5 nitrogen and oxygen atoms in total. The van der Waals surface area contributed by atoms with E-state index in [1.54, 1.807) is 24.4 Å². The van der Waals surface area contributed by atoms with Crippen LogP contribution in [0.1, 0.15) is 12.5 Å². The van der Waals surface area contributed by atoms with Crippen molar-refractivity contribution in [1.82, 2.24) is 15.1 Å². The highest BCUT2D eigenvalue weighted by atomic mass is 19.1. The van der Waals surface area contributed by atoms with Crippen LogP contribution >= 0.6 is 0 Å². The molecular formula is C14H17FN4O. The summed E-state index contributed by atoms with van der Waals surface area (Å²) in [6.07, 6.45) is 2.30. The summed E-state index contributed by atoms with van der Waals surface area (Å²) >= 11 is 0. The average Bonchev–Trinajstić information content (AvgIpc) is 2.77. The van der Waals surface area contributed by atoms with Gasteiger partial charge in [-0.2, -0.15) is 5.10 Å². The second-order valence-corrected chi connectivity index (χ2v) is 4.74. The molecule has 1 aromatic heterocycles. The van der Waals surface area contributed by atoms with Crippen molar-refractivity contribution >= 4 is 11.7 Å². The fourth-order valence-corrected chi connectivity index (χ4v) is 1.96. The molecule has 0 radical (unpaired) electrons. The number of nitrogens with zero attached hydrogens (tertiary/aromatic N) is 2. The predicted molar refractivity (Wildman–Crippen MR) is 74.3 cm³/mol. The Labute approximate surface area is 116 Å². The normalized spacial score (nSPS) is 12.1. The van der Waals surface area contributed by atoms with E-state index in [4.69, 9.17) is 5.73 Å². The Balaban J connectivity index is 1.83. The summed E-state index contributed by atoms with van der Waals surface area (Å²) in [5.74, 6) is -0.0124. The molecule has 1 unspecified atom stereocenters. The van der Waals surface area contributed by atoms with Crippen molar-refractivity contribution < 1.29 is 9.18 Å². The zero-order valence-corrected chi connectivity index (χ0v) is 11.2. The van der Waals surface area contributed by atoms with Gasteiger partial charge in [0.15, 0.2) is 0 Å². The van der Waals surface area contributed by atoms with Crippen LogP contribution in [0.2, 0.25) is 0 Å². The topological polar surface area (TPSA) is 72.9 Å². The fourth-order valence-electron chi connectivity index (χ4n) is 1.96. The van der Waals surface area contributed by atoms with Gasteiger partial charge in [-0.25, -0.2) is 4.39 Å². The molecule has 20 heavy (non-hydrogen) atoms. The van der Waals surface area contributed by atoms with E-state index in [2.05, 4.69) is 10.4 Å². The summed E-state index contributed by atoms with van der Waals surface area (Å²) < 4.78 is 14.3. The Morgan fingerprint density at radius 1 is 1.40 bits per heavy atom. The number of nitrogens with two attached hydrogens (primary N) is 1. The Morgan fingerprint density at radius 2 is 2.10 bits per heavy atom. The number of halogens is 1. The fraction of sp³-hybridized carbons (Fsp3) is 0.286. The van der Waals surface area contributed by atoms with E-state index in [1.807, 2.05) is 6.92 Å². The summed E-state index contributed by atoms with van der Waals surface area (Å²) in [6.45, 7) is 2.03. The molecule has 0 saturated carbocycles. The van der Waals surface area contributed by atoms with Crippen LogP contribution in [0.4, 0.5) is 10.2 Å². The molecular weight excluding hydrogens is 259 g/mol. The van der Waals surface area contributed by atoms with Gasteiger partial charge in [0.25, 0.3) is 0 Å². The summed E-state index contributed by atoms with van der Waals surface area (Å²) in [5.41, 5.74) is 6.45. The van der Waals surface area contributed by atoms with Crippen molar-refractivity contribution in [3.8, 4) is 0 Å². The molecule has 0 aliphatic rings.